The van der Waals surface area contributed by atoms with Crippen molar-refractivity contribution in [2.24, 2.45) is 5.73 Å². The second-order valence-electron chi connectivity index (χ2n) is 3.31. The normalized spacial score (nSPS) is 13.6. The summed E-state index contributed by atoms with van der Waals surface area (Å²) in [6.45, 7) is 0.440. The molecule has 1 aromatic rings. The lowest BCUT2D eigenvalue weighted by Crippen LogP contribution is -2.28. The van der Waals surface area contributed by atoms with Crippen LogP contribution in [0.4, 0.5) is 0 Å². The monoisotopic (exact) mass is 183 g/mol. The van der Waals surface area contributed by atoms with E-state index in [4.69, 9.17) is 5.73 Å². The number of benzene rings is 1. The van der Waals surface area contributed by atoms with Gasteiger partial charge < -0.3 is 5.73 Å². The van der Waals surface area contributed by atoms with Gasteiger partial charge >= 0.3 is 0 Å². The van der Waals surface area contributed by atoms with Crippen LogP contribution in [0.1, 0.15) is 12.8 Å². The minimum absolute atomic E-state index is 0.440. The van der Waals surface area contributed by atoms with Gasteiger partial charge in [0.25, 0.3) is 0 Å². The van der Waals surface area contributed by atoms with E-state index in [0.717, 1.165) is 12.8 Å². The smallest absolute Gasteiger partial charge is 0.0555 e. The Balaban J connectivity index is 2.65. The fourth-order valence-corrected chi connectivity index (χ4v) is 1.74. The Bertz CT molecular complexity index is 500. The Morgan fingerprint density at radius 3 is 3.00 bits per heavy atom. The van der Waals surface area contributed by atoms with Gasteiger partial charge in [-0.3, -0.25) is 0 Å². The summed E-state index contributed by atoms with van der Waals surface area (Å²) in [7, 11) is 0. The van der Waals surface area contributed by atoms with Crippen molar-refractivity contribution in [2.45, 2.75) is 12.8 Å². The molecule has 14 heavy (non-hydrogen) atoms. The number of nitrogens with two attached hydrogens (primary N) is 1. The van der Waals surface area contributed by atoms with Crippen molar-refractivity contribution in [3.05, 3.63) is 34.7 Å². The van der Waals surface area contributed by atoms with Crippen LogP contribution in [-0.2, 0) is 0 Å². The molecule has 0 atom stereocenters. The quantitative estimate of drug-likeness (QED) is 0.578. The van der Waals surface area contributed by atoms with Gasteiger partial charge in [0.2, 0.25) is 0 Å². The zero-order valence-electron chi connectivity index (χ0n) is 8.09. The second-order valence-corrected chi connectivity index (χ2v) is 3.31. The zero-order valence-corrected chi connectivity index (χ0v) is 8.09. The molecule has 2 rings (SSSR count). The van der Waals surface area contributed by atoms with Crippen molar-refractivity contribution in [3.8, 4) is 11.8 Å². The predicted octanol–water partition coefficient (Wildman–Crippen LogP) is 0.374. The highest BCUT2D eigenvalue weighted by Gasteiger charge is 2.00. The Morgan fingerprint density at radius 1 is 1.29 bits per heavy atom. The standard InChI is InChI=1S/C13H13N/c14-10-4-8-12-7-3-6-11-5-1-2-9-13(11)12/h1-2,5-6,9H,3,7,10,14H2. The second kappa shape index (κ2) is 4.13. The summed E-state index contributed by atoms with van der Waals surface area (Å²) in [5.41, 5.74) is 6.60. The summed E-state index contributed by atoms with van der Waals surface area (Å²) in [4.78, 5) is 0. The van der Waals surface area contributed by atoms with Gasteiger partial charge in [-0.2, -0.15) is 0 Å². The topological polar surface area (TPSA) is 26.0 Å². The molecule has 2 N–H and O–H groups in total. The van der Waals surface area contributed by atoms with Gasteiger partial charge in [0, 0.05) is 5.57 Å². The molecule has 0 saturated heterocycles. The fourth-order valence-electron chi connectivity index (χ4n) is 1.74. The molecule has 1 aliphatic carbocycles. The molecular weight excluding hydrogens is 170 g/mol. The van der Waals surface area contributed by atoms with Gasteiger partial charge in [-0.05, 0) is 23.3 Å². The summed E-state index contributed by atoms with van der Waals surface area (Å²) in [5, 5.41) is 2.58. The highest BCUT2D eigenvalue weighted by Crippen LogP contribution is 2.05. The molecule has 0 amide bonds. The molecule has 0 fully saturated rings. The highest BCUT2D eigenvalue weighted by molar-refractivity contribution is 5.66. The average Bonchev–Trinajstić information content (AvgIpc) is 2.26. The van der Waals surface area contributed by atoms with Crippen molar-refractivity contribution in [3.63, 3.8) is 0 Å². The first kappa shape index (κ1) is 9.05. The van der Waals surface area contributed by atoms with E-state index in [-0.39, 0.29) is 0 Å². The van der Waals surface area contributed by atoms with Crippen LogP contribution in [0, 0.1) is 11.8 Å². The van der Waals surface area contributed by atoms with Crippen LogP contribution < -0.4 is 16.2 Å². The summed E-state index contributed by atoms with van der Waals surface area (Å²) in [6.07, 6.45) is 4.40. The SMILES string of the molecule is NCC#CC1=c2ccccc2=CCC1. The molecule has 1 heteroatoms. The van der Waals surface area contributed by atoms with E-state index in [1.54, 1.807) is 0 Å². The molecule has 0 heterocycles. The van der Waals surface area contributed by atoms with Gasteiger partial charge in [-0.15, -0.1) is 0 Å². The molecule has 1 aliphatic rings. The van der Waals surface area contributed by atoms with Crippen LogP contribution >= 0.6 is 0 Å². The maximum absolute atomic E-state index is 5.37. The average molecular weight is 183 g/mol. The van der Waals surface area contributed by atoms with E-state index < -0.39 is 0 Å². The third-order valence-corrected chi connectivity index (χ3v) is 2.39. The Kier molecular flexibility index (Phi) is 2.67. The minimum atomic E-state index is 0.440. The van der Waals surface area contributed by atoms with E-state index in [1.165, 1.54) is 16.0 Å². The fraction of sp³-hybridized carbons (Fsp3) is 0.231. The molecule has 0 bridgehead atoms. The number of hydrogen-bond donors (Lipinski definition) is 1. The summed E-state index contributed by atoms with van der Waals surface area (Å²) in [5.74, 6) is 6.08. The first-order valence-corrected chi connectivity index (χ1v) is 4.89. The predicted molar refractivity (Wildman–Crippen MR) is 59.6 cm³/mol. The van der Waals surface area contributed by atoms with Gasteiger partial charge in [0.15, 0.2) is 0 Å². The van der Waals surface area contributed by atoms with Crippen LogP contribution in [0.15, 0.2) is 24.3 Å². The lowest BCUT2D eigenvalue weighted by atomic mass is 10.0. The largest absolute Gasteiger partial charge is 0.320 e. The van der Waals surface area contributed by atoms with Crippen LogP contribution in [0.2, 0.25) is 0 Å². The van der Waals surface area contributed by atoms with E-state index in [2.05, 4.69) is 42.2 Å². The maximum Gasteiger partial charge on any atom is 0.0555 e. The van der Waals surface area contributed by atoms with E-state index in [1.807, 2.05) is 0 Å². The first-order valence-electron chi connectivity index (χ1n) is 4.89. The molecule has 0 spiro atoms. The summed E-state index contributed by atoms with van der Waals surface area (Å²) in [6, 6.07) is 8.39. The van der Waals surface area contributed by atoms with Crippen molar-refractivity contribution in [2.75, 3.05) is 6.54 Å². The van der Waals surface area contributed by atoms with E-state index >= 15 is 0 Å². The van der Waals surface area contributed by atoms with E-state index in [9.17, 15) is 0 Å². The van der Waals surface area contributed by atoms with Gasteiger partial charge in [0.1, 0.15) is 0 Å². The molecule has 0 aliphatic heterocycles. The molecule has 1 aromatic carbocycles. The molecule has 0 saturated carbocycles. The summed E-state index contributed by atoms with van der Waals surface area (Å²) >= 11 is 0. The van der Waals surface area contributed by atoms with Crippen molar-refractivity contribution >= 4 is 11.6 Å². The van der Waals surface area contributed by atoms with Crippen molar-refractivity contribution < 1.29 is 0 Å². The molecule has 0 radical (unpaired) electrons. The van der Waals surface area contributed by atoms with Crippen molar-refractivity contribution in [1.82, 2.24) is 0 Å². The Morgan fingerprint density at radius 2 is 2.14 bits per heavy atom. The minimum Gasteiger partial charge on any atom is -0.320 e. The maximum atomic E-state index is 5.37. The van der Waals surface area contributed by atoms with Gasteiger partial charge in [-0.25, -0.2) is 0 Å². The number of fused-ring (bicyclic) bond motifs is 1. The number of rotatable bonds is 0. The van der Waals surface area contributed by atoms with Crippen LogP contribution in [0.25, 0.3) is 11.6 Å². The third kappa shape index (κ3) is 1.71. The molecule has 70 valence electrons. The third-order valence-electron chi connectivity index (χ3n) is 2.39. The van der Waals surface area contributed by atoms with Crippen LogP contribution in [0.5, 0.6) is 0 Å². The van der Waals surface area contributed by atoms with Gasteiger partial charge in [-0.1, -0.05) is 42.2 Å². The highest BCUT2D eigenvalue weighted by atomic mass is 14.5. The van der Waals surface area contributed by atoms with Crippen molar-refractivity contribution in [1.29, 1.82) is 0 Å². The molecule has 0 aromatic heterocycles. The van der Waals surface area contributed by atoms with Crippen LogP contribution in [-0.4, -0.2) is 6.54 Å². The summed E-state index contributed by atoms with van der Waals surface area (Å²) < 4.78 is 0. The van der Waals surface area contributed by atoms with Gasteiger partial charge in [0.05, 0.1) is 6.54 Å². The zero-order chi connectivity index (χ0) is 9.80. The Hall–Kier alpha value is -1.52. The van der Waals surface area contributed by atoms with E-state index in [0.29, 0.717) is 6.54 Å². The van der Waals surface area contributed by atoms with Crippen LogP contribution in [0.3, 0.4) is 0 Å². The molecule has 0 unspecified atom stereocenters. The lowest BCUT2D eigenvalue weighted by Gasteiger charge is -2.04. The lowest BCUT2D eigenvalue weighted by molar-refractivity contribution is 1.09. The molecule has 1 nitrogen and oxygen atoms in total. The first-order chi connectivity index (χ1) is 6.92. The molecular formula is C13H13N. The Labute approximate surface area is 83.9 Å². The number of hydrogen-bond acceptors (Lipinski definition) is 1.